The summed E-state index contributed by atoms with van der Waals surface area (Å²) in [5, 5.41) is 6.65. The highest BCUT2D eigenvalue weighted by Crippen LogP contribution is 2.31. The zero-order chi connectivity index (χ0) is 23.9. The molecule has 7 heteroatoms. The third-order valence-electron chi connectivity index (χ3n) is 6.49. The minimum atomic E-state index is -0.110. The minimum Gasteiger partial charge on any atom is -0.466 e. The zero-order valence-electron chi connectivity index (χ0n) is 20.0. The smallest absolute Gasteiger partial charge is 0.306 e. The number of fused-ring (bicyclic) bond motifs is 1. The molecule has 1 saturated heterocycles. The molecular formula is C27H33N3O3S. The number of carbonyl (C=O) groups excluding carboxylic acids is 2. The maximum absolute atomic E-state index is 13.1. The molecule has 0 bridgehead atoms. The van der Waals surface area contributed by atoms with E-state index in [-0.39, 0.29) is 11.9 Å². The predicted octanol–water partition coefficient (Wildman–Crippen LogP) is 4.40. The van der Waals surface area contributed by atoms with E-state index in [2.05, 4.69) is 22.2 Å². The van der Waals surface area contributed by atoms with E-state index in [0.29, 0.717) is 24.5 Å². The summed E-state index contributed by atoms with van der Waals surface area (Å²) in [4.78, 5) is 26.6. The van der Waals surface area contributed by atoms with Crippen LogP contribution in [-0.4, -0.2) is 61.3 Å². The quantitative estimate of drug-likeness (QED) is 0.435. The summed E-state index contributed by atoms with van der Waals surface area (Å²) in [7, 11) is 1.82. The van der Waals surface area contributed by atoms with Gasteiger partial charge in [0.05, 0.1) is 12.8 Å². The molecule has 1 fully saturated rings. The molecule has 0 radical (unpaired) electrons. The Hall–Kier alpha value is -2.80. The van der Waals surface area contributed by atoms with Crippen LogP contribution in [-0.2, 0) is 22.4 Å². The van der Waals surface area contributed by atoms with Crippen molar-refractivity contribution in [1.29, 1.82) is 0 Å². The second-order valence-electron chi connectivity index (χ2n) is 8.87. The average Bonchev–Trinajstić information content (AvgIpc) is 2.87. The van der Waals surface area contributed by atoms with E-state index in [0.717, 1.165) is 55.1 Å². The fourth-order valence-corrected chi connectivity index (χ4v) is 5.38. The molecule has 0 N–H and O–H groups in total. The van der Waals surface area contributed by atoms with E-state index >= 15 is 0 Å². The highest BCUT2D eigenvalue weighted by molar-refractivity contribution is 7.99. The van der Waals surface area contributed by atoms with Crippen molar-refractivity contribution in [2.45, 2.75) is 32.6 Å². The highest BCUT2D eigenvalue weighted by Gasteiger charge is 2.23. The number of aryl methyl sites for hydroxylation is 1. The van der Waals surface area contributed by atoms with Gasteiger partial charge in [0, 0.05) is 49.3 Å². The van der Waals surface area contributed by atoms with Gasteiger partial charge >= 0.3 is 5.97 Å². The van der Waals surface area contributed by atoms with Crippen LogP contribution in [0.15, 0.2) is 47.6 Å². The SMILES string of the molecule is CCOC(=O)CC1CCc2cc(N(C)C(=O)c3ccc(C=NN4CCSCC4)cc3)ccc2C1. The first kappa shape index (κ1) is 24.3. The Bertz CT molecular complexity index is 1030. The van der Waals surface area contributed by atoms with E-state index in [4.69, 9.17) is 4.74 Å². The maximum atomic E-state index is 13.1. The van der Waals surface area contributed by atoms with Crippen molar-refractivity contribution in [2.75, 3.05) is 43.1 Å². The molecule has 2 aromatic rings. The first-order chi connectivity index (χ1) is 16.5. The monoisotopic (exact) mass is 479 g/mol. The third kappa shape index (κ3) is 6.20. The maximum Gasteiger partial charge on any atom is 0.306 e. The summed E-state index contributed by atoms with van der Waals surface area (Å²) in [6, 6.07) is 13.8. The van der Waals surface area contributed by atoms with Gasteiger partial charge in [-0.25, -0.2) is 0 Å². The molecule has 1 aliphatic carbocycles. The Morgan fingerprint density at radius 2 is 1.91 bits per heavy atom. The van der Waals surface area contributed by atoms with E-state index in [1.807, 2.05) is 62.3 Å². The molecule has 6 nitrogen and oxygen atoms in total. The lowest BCUT2D eigenvalue weighted by Gasteiger charge is -2.26. The molecular weight excluding hydrogens is 446 g/mol. The van der Waals surface area contributed by atoms with Gasteiger partial charge in [0.2, 0.25) is 0 Å². The van der Waals surface area contributed by atoms with Crippen molar-refractivity contribution < 1.29 is 14.3 Å². The van der Waals surface area contributed by atoms with Crippen LogP contribution < -0.4 is 4.90 Å². The van der Waals surface area contributed by atoms with Gasteiger partial charge in [-0.2, -0.15) is 16.9 Å². The van der Waals surface area contributed by atoms with E-state index in [1.165, 1.54) is 11.1 Å². The highest BCUT2D eigenvalue weighted by atomic mass is 32.2. The number of hydrogen-bond donors (Lipinski definition) is 0. The first-order valence-electron chi connectivity index (χ1n) is 12.1. The van der Waals surface area contributed by atoms with Gasteiger partial charge in [0.15, 0.2) is 0 Å². The summed E-state index contributed by atoms with van der Waals surface area (Å²) >= 11 is 1.96. The molecule has 4 rings (SSSR count). The third-order valence-corrected chi connectivity index (χ3v) is 7.43. The molecule has 1 aliphatic heterocycles. The molecule has 34 heavy (non-hydrogen) atoms. The van der Waals surface area contributed by atoms with Gasteiger partial charge in [-0.3, -0.25) is 14.6 Å². The van der Waals surface area contributed by atoms with E-state index < -0.39 is 0 Å². The fraction of sp³-hybridized carbons (Fsp3) is 0.444. The Labute approximate surface area is 206 Å². The zero-order valence-corrected chi connectivity index (χ0v) is 20.9. The van der Waals surface area contributed by atoms with Gasteiger partial charge in [-0.15, -0.1) is 0 Å². The van der Waals surface area contributed by atoms with Gasteiger partial charge in [0.1, 0.15) is 0 Å². The molecule has 0 saturated carbocycles. The van der Waals surface area contributed by atoms with E-state index in [1.54, 1.807) is 4.90 Å². The molecule has 1 heterocycles. The first-order valence-corrected chi connectivity index (χ1v) is 13.2. The standard InChI is InChI=1S/C27H33N3O3S/c1-3-33-26(31)17-21-6-9-24-18-25(11-10-23(24)16-21)29(2)27(32)22-7-4-20(5-8-22)19-28-30-12-14-34-15-13-30/h4-5,7-8,10-11,18-19,21H,3,6,9,12-17H2,1-2H3. The van der Waals surface area contributed by atoms with Crippen LogP contribution in [0.25, 0.3) is 0 Å². The Morgan fingerprint density at radius 3 is 2.65 bits per heavy atom. The Kier molecular flexibility index (Phi) is 8.27. The number of thioether (sulfide) groups is 1. The number of nitrogens with zero attached hydrogens (tertiary/aromatic N) is 3. The van der Waals surface area contributed by atoms with Crippen molar-refractivity contribution in [1.82, 2.24) is 5.01 Å². The van der Waals surface area contributed by atoms with Crippen LogP contribution in [0.4, 0.5) is 5.69 Å². The summed E-state index contributed by atoms with van der Waals surface area (Å²) in [5.74, 6) is 2.42. The van der Waals surface area contributed by atoms with Gasteiger partial charge in [0.25, 0.3) is 5.91 Å². The van der Waals surface area contributed by atoms with Gasteiger partial charge in [-0.05, 0) is 73.1 Å². The summed E-state index contributed by atoms with van der Waals surface area (Å²) in [5.41, 5.74) is 5.06. The van der Waals surface area contributed by atoms with Crippen LogP contribution in [0.2, 0.25) is 0 Å². The van der Waals surface area contributed by atoms with Crippen LogP contribution in [0.5, 0.6) is 0 Å². The molecule has 0 aromatic heterocycles. The molecule has 0 spiro atoms. The number of esters is 1. The number of rotatable bonds is 7. The number of amides is 1. The van der Waals surface area contributed by atoms with Crippen molar-refractivity contribution in [3.63, 3.8) is 0 Å². The largest absolute Gasteiger partial charge is 0.466 e. The summed E-state index contributed by atoms with van der Waals surface area (Å²) < 4.78 is 5.11. The second kappa shape index (κ2) is 11.6. The number of anilines is 1. The summed E-state index contributed by atoms with van der Waals surface area (Å²) in [6.45, 7) is 4.23. The van der Waals surface area contributed by atoms with Crippen LogP contribution in [0.3, 0.4) is 0 Å². The number of hydrazone groups is 1. The molecule has 2 aliphatic rings. The molecule has 2 aromatic carbocycles. The van der Waals surface area contributed by atoms with Crippen LogP contribution >= 0.6 is 11.8 Å². The molecule has 180 valence electrons. The van der Waals surface area contributed by atoms with Gasteiger partial charge < -0.3 is 9.64 Å². The number of benzene rings is 2. The van der Waals surface area contributed by atoms with Crippen molar-refractivity contribution in [3.8, 4) is 0 Å². The lowest BCUT2D eigenvalue weighted by molar-refractivity contribution is -0.144. The second-order valence-corrected chi connectivity index (χ2v) is 10.1. The van der Waals surface area contributed by atoms with Crippen molar-refractivity contribution in [2.24, 2.45) is 11.0 Å². The summed E-state index contributed by atoms with van der Waals surface area (Å²) in [6.07, 6.45) is 5.11. The fourth-order valence-electron chi connectivity index (χ4n) is 4.50. The van der Waals surface area contributed by atoms with Crippen molar-refractivity contribution >= 4 is 35.5 Å². The van der Waals surface area contributed by atoms with Crippen LogP contribution in [0, 0.1) is 5.92 Å². The lowest BCUT2D eigenvalue weighted by atomic mass is 9.82. The molecule has 1 unspecified atom stereocenters. The lowest BCUT2D eigenvalue weighted by Crippen LogP contribution is -2.28. The average molecular weight is 480 g/mol. The Balaban J connectivity index is 1.37. The Morgan fingerprint density at radius 1 is 1.15 bits per heavy atom. The van der Waals surface area contributed by atoms with Crippen LogP contribution in [0.1, 0.15) is 46.8 Å². The number of carbonyl (C=O) groups is 2. The topological polar surface area (TPSA) is 62.2 Å². The van der Waals surface area contributed by atoms with Crippen molar-refractivity contribution in [3.05, 3.63) is 64.7 Å². The minimum absolute atomic E-state index is 0.0347. The normalized spacial score (nSPS) is 17.9. The molecule has 1 atom stereocenters. The predicted molar refractivity (Wildman–Crippen MR) is 139 cm³/mol. The number of ether oxygens (including phenoxy) is 1. The number of hydrogen-bond acceptors (Lipinski definition) is 6. The molecule has 1 amide bonds. The van der Waals surface area contributed by atoms with Gasteiger partial charge in [-0.1, -0.05) is 18.2 Å². The van der Waals surface area contributed by atoms with E-state index in [9.17, 15) is 9.59 Å².